The summed E-state index contributed by atoms with van der Waals surface area (Å²) < 4.78 is 28.8. The number of ether oxygens (including phenoxy) is 1. The first-order valence-electron chi connectivity index (χ1n) is 7.13. The zero-order chi connectivity index (χ0) is 14.6. The van der Waals surface area contributed by atoms with E-state index in [0.717, 1.165) is 38.2 Å². The predicted molar refractivity (Wildman–Crippen MR) is 79.5 cm³/mol. The molecule has 1 atom stereocenters. The van der Waals surface area contributed by atoms with Crippen molar-refractivity contribution in [2.45, 2.75) is 30.7 Å². The Balaban J connectivity index is 2.28. The number of benzene rings is 1. The Morgan fingerprint density at radius 1 is 1.35 bits per heavy atom. The summed E-state index contributed by atoms with van der Waals surface area (Å²) in [6, 6.07) is 7.50. The Morgan fingerprint density at radius 2 is 2.05 bits per heavy atom. The van der Waals surface area contributed by atoms with E-state index in [0.29, 0.717) is 10.8 Å². The van der Waals surface area contributed by atoms with E-state index in [1.54, 1.807) is 12.1 Å². The van der Waals surface area contributed by atoms with Gasteiger partial charge in [0.1, 0.15) is 0 Å². The molecule has 1 aliphatic heterocycles. The van der Waals surface area contributed by atoms with Crippen molar-refractivity contribution in [2.75, 3.05) is 26.0 Å². The number of hydrogen-bond acceptors (Lipinski definition) is 4. The third kappa shape index (κ3) is 3.81. The van der Waals surface area contributed by atoms with Gasteiger partial charge >= 0.3 is 0 Å². The van der Waals surface area contributed by atoms with Gasteiger partial charge in [0.2, 0.25) is 0 Å². The minimum atomic E-state index is -3.16. The van der Waals surface area contributed by atoms with Gasteiger partial charge in [-0.25, -0.2) is 8.42 Å². The molecule has 1 aromatic rings. The number of sulfone groups is 1. The summed E-state index contributed by atoms with van der Waals surface area (Å²) >= 11 is 0. The number of hydrogen-bond donors (Lipinski definition) is 1. The maximum atomic E-state index is 11.7. The molecule has 0 amide bonds. The highest BCUT2D eigenvalue weighted by atomic mass is 32.2. The molecule has 0 bridgehead atoms. The van der Waals surface area contributed by atoms with Crippen molar-refractivity contribution >= 4 is 9.84 Å². The van der Waals surface area contributed by atoms with Gasteiger partial charge in [0.25, 0.3) is 0 Å². The first-order chi connectivity index (χ1) is 9.52. The lowest BCUT2D eigenvalue weighted by Crippen LogP contribution is -2.32. The zero-order valence-electron chi connectivity index (χ0n) is 12.1. The van der Waals surface area contributed by atoms with Gasteiger partial charge in [-0.1, -0.05) is 19.1 Å². The van der Waals surface area contributed by atoms with Crippen molar-refractivity contribution in [3.8, 4) is 0 Å². The quantitative estimate of drug-likeness (QED) is 0.905. The van der Waals surface area contributed by atoms with Crippen LogP contribution in [0.25, 0.3) is 0 Å². The highest BCUT2D eigenvalue weighted by molar-refractivity contribution is 7.90. The summed E-state index contributed by atoms with van der Waals surface area (Å²) in [5.74, 6) is 0.499. The van der Waals surface area contributed by atoms with Crippen LogP contribution in [0.15, 0.2) is 29.2 Å². The van der Waals surface area contributed by atoms with Gasteiger partial charge in [-0.2, -0.15) is 0 Å². The highest BCUT2D eigenvalue weighted by Gasteiger charge is 2.25. The second kappa shape index (κ2) is 6.70. The number of nitrogens with one attached hydrogen (secondary N) is 1. The normalized spacial score (nSPS) is 18.9. The van der Waals surface area contributed by atoms with Gasteiger partial charge in [0.05, 0.1) is 4.90 Å². The molecule has 1 heterocycles. The predicted octanol–water partition coefficient (Wildman–Crippen LogP) is 2.17. The molecule has 0 radical (unpaired) electrons. The Morgan fingerprint density at radius 3 is 2.65 bits per heavy atom. The van der Waals surface area contributed by atoms with Crippen molar-refractivity contribution in [1.82, 2.24) is 5.32 Å². The highest BCUT2D eigenvalue weighted by Crippen LogP contribution is 2.31. The summed E-state index contributed by atoms with van der Waals surface area (Å²) in [4.78, 5) is 0.393. The fourth-order valence-corrected chi connectivity index (χ4v) is 3.44. The average molecular weight is 297 g/mol. The molecule has 0 aromatic heterocycles. The van der Waals surface area contributed by atoms with Crippen molar-refractivity contribution in [1.29, 1.82) is 0 Å². The largest absolute Gasteiger partial charge is 0.381 e. The Hall–Kier alpha value is -0.910. The SMILES string of the molecule is CCNC(c1cccc(S(C)(=O)=O)c1)C1CCOCC1. The molecular formula is C15H23NO3S. The van der Waals surface area contributed by atoms with Gasteiger partial charge in [-0.15, -0.1) is 0 Å². The third-order valence-corrected chi connectivity index (χ3v) is 4.92. The molecule has 1 aliphatic rings. The Labute approximate surface area is 121 Å². The third-order valence-electron chi connectivity index (χ3n) is 3.81. The van der Waals surface area contributed by atoms with Gasteiger partial charge in [-0.3, -0.25) is 0 Å². The fraction of sp³-hybridized carbons (Fsp3) is 0.600. The molecule has 0 aliphatic carbocycles. The minimum absolute atomic E-state index is 0.200. The molecule has 20 heavy (non-hydrogen) atoms. The lowest BCUT2D eigenvalue weighted by molar-refractivity contribution is 0.0538. The van der Waals surface area contributed by atoms with Crippen LogP contribution >= 0.6 is 0 Å². The molecule has 0 saturated carbocycles. The van der Waals surface area contributed by atoms with Gasteiger partial charge in [-0.05, 0) is 43.0 Å². The van der Waals surface area contributed by atoms with Gasteiger partial charge < -0.3 is 10.1 Å². The molecule has 1 N–H and O–H groups in total. The lowest BCUT2D eigenvalue weighted by Gasteiger charge is -2.31. The minimum Gasteiger partial charge on any atom is -0.381 e. The number of rotatable bonds is 5. The summed E-state index contributed by atoms with van der Waals surface area (Å²) in [6.45, 7) is 4.52. The van der Waals surface area contributed by atoms with Crippen LogP contribution in [0.3, 0.4) is 0 Å². The smallest absolute Gasteiger partial charge is 0.175 e. The van der Waals surface area contributed by atoms with Crippen molar-refractivity contribution < 1.29 is 13.2 Å². The maximum absolute atomic E-state index is 11.7. The molecule has 1 fully saturated rings. The van der Waals surface area contributed by atoms with Crippen LogP contribution in [-0.4, -0.2) is 34.4 Å². The summed E-state index contributed by atoms with van der Waals surface area (Å²) in [6.07, 6.45) is 3.28. The monoisotopic (exact) mass is 297 g/mol. The fourth-order valence-electron chi connectivity index (χ4n) is 2.76. The van der Waals surface area contributed by atoms with Crippen LogP contribution in [0, 0.1) is 5.92 Å². The van der Waals surface area contributed by atoms with Crippen LogP contribution in [-0.2, 0) is 14.6 Å². The zero-order valence-corrected chi connectivity index (χ0v) is 12.9. The van der Waals surface area contributed by atoms with Gasteiger partial charge in [0.15, 0.2) is 9.84 Å². The first-order valence-corrected chi connectivity index (χ1v) is 9.02. The summed E-state index contributed by atoms with van der Waals surface area (Å²) in [5, 5.41) is 3.50. The van der Waals surface area contributed by atoms with E-state index in [-0.39, 0.29) is 6.04 Å². The average Bonchev–Trinajstić information content (AvgIpc) is 2.45. The van der Waals surface area contributed by atoms with Crippen LogP contribution in [0.1, 0.15) is 31.4 Å². The second-order valence-corrected chi connectivity index (χ2v) is 7.35. The van der Waals surface area contributed by atoms with E-state index >= 15 is 0 Å². The Bertz CT molecular complexity index is 536. The Kier molecular flexibility index (Phi) is 5.18. The second-order valence-electron chi connectivity index (χ2n) is 5.33. The van der Waals surface area contributed by atoms with E-state index in [1.807, 2.05) is 12.1 Å². The molecule has 112 valence electrons. The van der Waals surface area contributed by atoms with Crippen LogP contribution < -0.4 is 5.32 Å². The van der Waals surface area contributed by atoms with Crippen molar-refractivity contribution in [3.63, 3.8) is 0 Å². The molecule has 0 spiro atoms. The van der Waals surface area contributed by atoms with Crippen LogP contribution in [0.4, 0.5) is 0 Å². The van der Waals surface area contributed by atoms with Crippen LogP contribution in [0.2, 0.25) is 0 Å². The van der Waals surface area contributed by atoms with Crippen LogP contribution in [0.5, 0.6) is 0 Å². The van der Waals surface area contributed by atoms with Gasteiger partial charge in [0, 0.05) is 25.5 Å². The van der Waals surface area contributed by atoms with E-state index in [9.17, 15) is 8.42 Å². The lowest BCUT2D eigenvalue weighted by atomic mass is 9.87. The molecule has 1 unspecified atom stereocenters. The topological polar surface area (TPSA) is 55.4 Å². The first kappa shape index (κ1) is 15.5. The van der Waals surface area contributed by atoms with Crippen molar-refractivity contribution in [3.05, 3.63) is 29.8 Å². The summed E-state index contributed by atoms with van der Waals surface area (Å²) in [7, 11) is -3.16. The van der Waals surface area contributed by atoms with E-state index in [1.165, 1.54) is 6.26 Å². The van der Waals surface area contributed by atoms with Crippen molar-refractivity contribution in [2.24, 2.45) is 5.92 Å². The van der Waals surface area contributed by atoms with E-state index in [4.69, 9.17) is 4.74 Å². The molecule has 5 heteroatoms. The maximum Gasteiger partial charge on any atom is 0.175 e. The molecule has 1 aromatic carbocycles. The summed E-state index contributed by atoms with van der Waals surface area (Å²) in [5.41, 5.74) is 1.06. The molecule has 1 saturated heterocycles. The van der Waals surface area contributed by atoms with E-state index < -0.39 is 9.84 Å². The molecular weight excluding hydrogens is 274 g/mol. The molecule has 4 nitrogen and oxygen atoms in total. The standard InChI is InChI=1S/C15H23NO3S/c1-3-16-15(12-7-9-19-10-8-12)13-5-4-6-14(11-13)20(2,17)18/h4-6,11-12,15-16H,3,7-10H2,1-2H3. The van der Waals surface area contributed by atoms with E-state index in [2.05, 4.69) is 12.2 Å². The molecule has 2 rings (SSSR count).